The smallest absolute Gasteiger partial charge is 0.303 e. The standard InChI is InChI=1S/C22H32O5/c1-2-3-4-5-6-7-8-9-10-11-18-19(21(25)16-20(18)24)14-12-17(23)13-15-22(26)27/h3-4,6-7,9-10,12,14,17-20,23-24H,2,5,8,11,13,15-16H2,1H3,(H,26,27)/b4-3-,7-6-,10-9-,14-12+/t17-,18-,19-,20-/m1/s1. The molecule has 1 fully saturated rings. The predicted molar refractivity (Wildman–Crippen MR) is 106 cm³/mol. The number of aliphatic carboxylic acids is 1. The molecule has 0 aliphatic heterocycles. The van der Waals surface area contributed by atoms with E-state index in [-0.39, 0.29) is 31.0 Å². The Morgan fingerprint density at radius 3 is 2.41 bits per heavy atom. The maximum Gasteiger partial charge on any atom is 0.303 e. The molecule has 0 amide bonds. The van der Waals surface area contributed by atoms with Gasteiger partial charge in [-0.1, -0.05) is 55.5 Å². The Morgan fingerprint density at radius 1 is 1.15 bits per heavy atom. The van der Waals surface area contributed by atoms with Gasteiger partial charge in [0, 0.05) is 24.7 Å². The van der Waals surface area contributed by atoms with Crippen LogP contribution in [0.5, 0.6) is 0 Å². The maximum absolute atomic E-state index is 12.1. The van der Waals surface area contributed by atoms with Gasteiger partial charge in [0.15, 0.2) is 0 Å². The molecule has 0 spiro atoms. The second kappa shape index (κ2) is 13.2. The van der Waals surface area contributed by atoms with Crippen LogP contribution in [0.3, 0.4) is 0 Å². The molecule has 4 atom stereocenters. The third-order valence-corrected chi connectivity index (χ3v) is 4.62. The van der Waals surface area contributed by atoms with Crippen LogP contribution in [-0.4, -0.2) is 39.3 Å². The molecule has 0 radical (unpaired) electrons. The van der Waals surface area contributed by atoms with Crippen molar-refractivity contribution in [3.8, 4) is 0 Å². The zero-order valence-corrected chi connectivity index (χ0v) is 16.0. The minimum Gasteiger partial charge on any atom is -0.481 e. The Kier molecular flexibility index (Phi) is 11.3. The SMILES string of the molecule is CC/C=C\C/C=C\C/C=C\C[C@H]1[C@H](O)CC(=O)[C@@H]1/C=C/[C@@H](O)CCC(=O)O. The quantitative estimate of drug-likeness (QED) is 0.453. The molecule has 1 aliphatic carbocycles. The van der Waals surface area contributed by atoms with Crippen molar-refractivity contribution >= 4 is 11.8 Å². The first-order valence-corrected chi connectivity index (χ1v) is 9.69. The highest BCUT2D eigenvalue weighted by Crippen LogP contribution is 2.33. The molecule has 0 aromatic heterocycles. The molecule has 0 aromatic rings. The lowest BCUT2D eigenvalue weighted by Gasteiger charge is -2.17. The molecule has 27 heavy (non-hydrogen) atoms. The van der Waals surface area contributed by atoms with Gasteiger partial charge < -0.3 is 15.3 Å². The van der Waals surface area contributed by atoms with Gasteiger partial charge in [-0.2, -0.15) is 0 Å². The van der Waals surface area contributed by atoms with E-state index in [0.29, 0.717) is 6.42 Å². The number of rotatable bonds is 12. The first-order chi connectivity index (χ1) is 13.0. The summed E-state index contributed by atoms with van der Waals surface area (Å²) in [6, 6.07) is 0. The first kappa shape index (κ1) is 23.1. The van der Waals surface area contributed by atoms with Gasteiger partial charge in [0.2, 0.25) is 0 Å². The van der Waals surface area contributed by atoms with Crippen LogP contribution in [0.25, 0.3) is 0 Å². The summed E-state index contributed by atoms with van der Waals surface area (Å²) in [5.74, 6) is -1.63. The monoisotopic (exact) mass is 376 g/mol. The summed E-state index contributed by atoms with van der Waals surface area (Å²) in [5.41, 5.74) is 0. The molecule has 0 aromatic carbocycles. The van der Waals surface area contributed by atoms with Gasteiger partial charge in [-0.3, -0.25) is 9.59 Å². The van der Waals surface area contributed by atoms with Crippen molar-refractivity contribution in [1.82, 2.24) is 0 Å². The number of carboxylic acids is 1. The molecule has 5 heteroatoms. The number of carboxylic acid groups (broad SMARTS) is 1. The lowest BCUT2D eigenvalue weighted by atomic mass is 9.90. The van der Waals surface area contributed by atoms with E-state index in [0.717, 1.165) is 19.3 Å². The molecular formula is C22H32O5. The molecular weight excluding hydrogens is 344 g/mol. The molecule has 0 bridgehead atoms. The van der Waals surface area contributed by atoms with Crippen molar-refractivity contribution in [2.45, 2.75) is 64.1 Å². The molecule has 0 saturated heterocycles. The lowest BCUT2D eigenvalue weighted by Crippen LogP contribution is -2.19. The third-order valence-electron chi connectivity index (χ3n) is 4.62. The van der Waals surface area contributed by atoms with Gasteiger partial charge in [0.05, 0.1) is 12.2 Å². The topological polar surface area (TPSA) is 94.8 Å². The number of Topliss-reactive ketones (excluding diaryl/α,β-unsaturated/α-hetero) is 1. The number of carbonyl (C=O) groups is 2. The number of ketones is 1. The van der Waals surface area contributed by atoms with E-state index in [1.165, 1.54) is 6.08 Å². The van der Waals surface area contributed by atoms with Crippen LogP contribution < -0.4 is 0 Å². The van der Waals surface area contributed by atoms with Gasteiger partial charge in [-0.25, -0.2) is 0 Å². The number of hydrogen-bond donors (Lipinski definition) is 3. The predicted octanol–water partition coefficient (Wildman–Crippen LogP) is 3.58. The van der Waals surface area contributed by atoms with E-state index in [4.69, 9.17) is 5.11 Å². The molecule has 150 valence electrons. The molecule has 1 saturated carbocycles. The zero-order valence-electron chi connectivity index (χ0n) is 16.0. The Morgan fingerprint density at radius 2 is 1.78 bits per heavy atom. The third kappa shape index (κ3) is 9.50. The van der Waals surface area contributed by atoms with Crippen LogP contribution in [0.4, 0.5) is 0 Å². The van der Waals surface area contributed by atoms with Crippen molar-refractivity contribution in [2.24, 2.45) is 11.8 Å². The number of aliphatic hydroxyl groups is 2. The fourth-order valence-corrected chi connectivity index (χ4v) is 3.10. The summed E-state index contributed by atoms with van der Waals surface area (Å²) < 4.78 is 0. The number of hydrogen-bond acceptors (Lipinski definition) is 4. The second-order valence-electron chi connectivity index (χ2n) is 6.84. The summed E-state index contributed by atoms with van der Waals surface area (Å²) in [7, 11) is 0. The van der Waals surface area contributed by atoms with Gasteiger partial charge in [0.25, 0.3) is 0 Å². The average Bonchev–Trinajstić information content (AvgIpc) is 2.89. The zero-order chi connectivity index (χ0) is 20.1. The van der Waals surface area contributed by atoms with Crippen LogP contribution in [0, 0.1) is 11.8 Å². The van der Waals surface area contributed by atoms with Crippen LogP contribution >= 0.6 is 0 Å². The molecule has 5 nitrogen and oxygen atoms in total. The number of carbonyl (C=O) groups excluding carboxylic acids is 1. The minimum absolute atomic E-state index is 0.0369. The summed E-state index contributed by atoms with van der Waals surface area (Å²) in [6.07, 6.45) is 17.5. The first-order valence-electron chi connectivity index (χ1n) is 9.69. The summed E-state index contributed by atoms with van der Waals surface area (Å²) in [4.78, 5) is 22.6. The van der Waals surface area contributed by atoms with Gasteiger partial charge in [-0.15, -0.1) is 0 Å². The van der Waals surface area contributed by atoms with Crippen LogP contribution in [0.1, 0.15) is 51.9 Å². The molecule has 0 unspecified atom stereocenters. The van der Waals surface area contributed by atoms with E-state index >= 15 is 0 Å². The Balaban J connectivity index is 2.48. The van der Waals surface area contributed by atoms with Gasteiger partial charge >= 0.3 is 5.97 Å². The average molecular weight is 376 g/mol. The van der Waals surface area contributed by atoms with Crippen molar-refractivity contribution in [3.05, 3.63) is 48.6 Å². The highest BCUT2D eigenvalue weighted by atomic mass is 16.4. The van der Waals surface area contributed by atoms with E-state index in [1.54, 1.807) is 6.08 Å². The number of aliphatic hydroxyl groups excluding tert-OH is 2. The highest BCUT2D eigenvalue weighted by Gasteiger charge is 2.39. The molecule has 1 aliphatic rings. The summed E-state index contributed by atoms with van der Waals surface area (Å²) in [6.45, 7) is 2.10. The minimum atomic E-state index is -0.965. The number of allylic oxidation sites excluding steroid dienone is 7. The fourth-order valence-electron chi connectivity index (χ4n) is 3.10. The van der Waals surface area contributed by atoms with E-state index in [9.17, 15) is 19.8 Å². The van der Waals surface area contributed by atoms with Crippen molar-refractivity contribution in [2.75, 3.05) is 0 Å². The van der Waals surface area contributed by atoms with Crippen molar-refractivity contribution in [1.29, 1.82) is 0 Å². The molecule has 1 rings (SSSR count). The van der Waals surface area contributed by atoms with E-state index in [2.05, 4.69) is 31.2 Å². The highest BCUT2D eigenvalue weighted by molar-refractivity contribution is 5.86. The van der Waals surface area contributed by atoms with Crippen molar-refractivity contribution < 1.29 is 24.9 Å². The summed E-state index contributed by atoms with van der Waals surface area (Å²) >= 11 is 0. The lowest BCUT2D eigenvalue weighted by molar-refractivity contribution is -0.137. The van der Waals surface area contributed by atoms with Gasteiger partial charge in [-0.05, 0) is 32.1 Å². The molecule has 0 heterocycles. The molecule has 3 N–H and O–H groups in total. The Hall–Kier alpha value is -1.98. The summed E-state index contributed by atoms with van der Waals surface area (Å²) in [5, 5.41) is 28.6. The second-order valence-corrected chi connectivity index (χ2v) is 6.84. The maximum atomic E-state index is 12.1. The fraction of sp³-hybridized carbons (Fsp3) is 0.545. The van der Waals surface area contributed by atoms with Crippen LogP contribution in [0.2, 0.25) is 0 Å². The van der Waals surface area contributed by atoms with Gasteiger partial charge in [0.1, 0.15) is 5.78 Å². The van der Waals surface area contributed by atoms with Crippen LogP contribution in [0.15, 0.2) is 48.6 Å². The van der Waals surface area contributed by atoms with E-state index in [1.807, 2.05) is 12.2 Å². The Bertz CT molecular complexity index is 573. The van der Waals surface area contributed by atoms with E-state index < -0.39 is 24.1 Å². The normalized spacial score (nSPS) is 24.9. The Labute approximate surface area is 161 Å². The van der Waals surface area contributed by atoms with Crippen LogP contribution in [-0.2, 0) is 9.59 Å². The largest absolute Gasteiger partial charge is 0.481 e. The van der Waals surface area contributed by atoms with Crippen molar-refractivity contribution in [3.63, 3.8) is 0 Å².